The second-order valence-corrected chi connectivity index (χ2v) is 6.07. The molecule has 0 bridgehead atoms. The number of nitrogens with one attached hydrogen (secondary N) is 2. The maximum atomic E-state index is 11.8. The molecule has 2 rings (SSSR count). The molecule has 7 heteroatoms. The predicted octanol–water partition coefficient (Wildman–Crippen LogP) is 2.02. The van der Waals surface area contributed by atoms with E-state index in [4.69, 9.17) is 4.74 Å². The Balaban J connectivity index is 2.03. The molecule has 0 radical (unpaired) electrons. The standard InChI is InChI=1S/C14H22N4O2S/c1-5-20-13(19)11-8(2)16-12(21-11)9(3)17-14(15-4)18-10-6-7-10/h9-10H,5-7H2,1-4H3,(H2,15,17,18). The summed E-state index contributed by atoms with van der Waals surface area (Å²) in [7, 11) is 1.75. The summed E-state index contributed by atoms with van der Waals surface area (Å²) in [5, 5.41) is 7.49. The van der Waals surface area contributed by atoms with Gasteiger partial charge in [0.15, 0.2) is 5.96 Å². The Kier molecular flexibility index (Phi) is 5.17. The molecule has 0 spiro atoms. The summed E-state index contributed by atoms with van der Waals surface area (Å²) < 4.78 is 5.04. The van der Waals surface area contributed by atoms with Gasteiger partial charge < -0.3 is 15.4 Å². The molecule has 1 atom stereocenters. The molecule has 0 saturated heterocycles. The van der Waals surface area contributed by atoms with Crippen molar-refractivity contribution in [2.45, 2.75) is 45.7 Å². The molecule has 1 unspecified atom stereocenters. The summed E-state index contributed by atoms with van der Waals surface area (Å²) in [4.78, 5) is 21.1. The SMILES string of the molecule is CCOC(=O)c1sc(C(C)NC(=NC)NC2CC2)nc1C. The van der Waals surface area contributed by atoms with Crippen molar-refractivity contribution in [3.05, 3.63) is 15.6 Å². The van der Waals surface area contributed by atoms with Gasteiger partial charge in [0, 0.05) is 13.1 Å². The third-order valence-corrected chi connectivity index (χ3v) is 4.46. The summed E-state index contributed by atoms with van der Waals surface area (Å²) in [6.45, 7) is 6.01. The number of aryl methyl sites for hydroxylation is 1. The molecule has 2 N–H and O–H groups in total. The number of carbonyl (C=O) groups excluding carboxylic acids is 1. The van der Waals surface area contributed by atoms with Crippen LogP contribution in [-0.4, -0.2) is 36.6 Å². The summed E-state index contributed by atoms with van der Waals surface area (Å²) >= 11 is 1.37. The lowest BCUT2D eigenvalue weighted by Gasteiger charge is -2.15. The van der Waals surface area contributed by atoms with Gasteiger partial charge in [-0.25, -0.2) is 9.78 Å². The van der Waals surface area contributed by atoms with E-state index in [1.165, 1.54) is 24.2 Å². The van der Waals surface area contributed by atoms with Gasteiger partial charge in [0.05, 0.1) is 18.3 Å². The van der Waals surface area contributed by atoms with Gasteiger partial charge in [0.1, 0.15) is 9.88 Å². The first kappa shape index (κ1) is 15.8. The number of hydrogen-bond donors (Lipinski definition) is 2. The summed E-state index contributed by atoms with van der Waals surface area (Å²) in [6.07, 6.45) is 2.39. The molecule has 1 fully saturated rings. The monoisotopic (exact) mass is 310 g/mol. The Labute approximate surface area is 129 Å². The maximum absolute atomic E-state index is 11.8. The van der Waals surface area contributed by atoms with Gasteiger partial charge in [-0.1, -0.05) is 0 Å². The minimum atomic E-state index is -0.300. The van der Waals surface area contributed by atoms with Crippen molar-refractivity contribution >= 4 is 23.3 Å². The molecule has 0 aromatic carbocycles. The molecule has 116 valence electrons. The van der Waals surface area contributed by atoms with E-state index in [2.05, 4.69) is 20.6 Å². The van der Waals surface area contributed by atoms with Crippen LogP contribution in [0.5, 0.6) is 0 Å². The van der Waals surface area contributed by atoms with Crippen molar-refractivity contribution in [2.24, 2.45) is 4.99 Å². The van der Waals surface area contributed by atoms with Crippen molar-refractivity contribution in [2.75, 3.05) is 13.7 Å². The molecule has 1 aromatic heterocycles. The smallest absolute Gasteiger partial charge is 0.350 e. The molecule has 1 saturated carbocycles. The van der Waals surface area contributed by atoms with E-state index < -0.39 is 0 Å². The minimum Gasteiger partial charge on any atom is -0.462 e. The highest BCUT2D eigenvalue weighted by Crippen LogP contribution is 2.24. The van der Waals surface area contributed by atoms with Crippen LogP contribution in [0.4, 0.5) is 0 Å². The van der Waals surface area contributed by atoms with Gasteiger partial charge in [0.25, 0.3) is 0 Å². The average Bonchev–Trinajstić information content (AvgIpc) is 3.18. The predicted molar refractivity (Wildman–Crippen MR) is 83.9 cm³/mol. The quantitative estimate of drug-likeness (QED) is 0.494. The van der Waals surface area contributed by atoms with Crippen LogP contribution in [0.1, 0.15) is 53.1 Å². The number of ether oxygens (including phenoxy) is 1. The number of aliphatic imine (C=N–C) groups is 1. The van der Waals surface area contributed by atoms with E-state index in [-0.39, 0.29) is 12.0 Å². The highest BCUT2D eigenvalue weighted by molar-refractivity contribution is 7.13. The highest BCUT2D eigenvalue weighted by atomic mass is 32.1. The number of rotatable bonds is 5. The average molecular weight is 310 g/mol. The zero-order chi connectivity index (χ0) is 15.4. The number of nitrogens with zero attached hydrogens (tertiary/aromatic N) is 2. The third-order valence-electron chi connectivity index (χ3n) is 3.14. The fraction of sp³-hybridized carbons (Fsp3) is 0.643. The Morgan fingerprint density at radius 2 is 2.29 bits per heavy atom. The van der Waals surface area contributed by atoms with E-state index >= 15 is 0 Å². The van der Waals surface area contributed by atoms with Crippen LogP contribution in [0.2, 0.25) is 0 Å². The van der Waals surface area contributed by atoms with E-state index in [9.17, 15) is 4.79 Å². The van der Waals surface area contributed by atoms with Crippen molar-refractivity contribution in [1.82, 2.24) is 15.6 Å². The Bertz CT molecular complexity index is 537. The first-order chi connectivity index (χ1) is 10.0. The van der Waals surface area contributed by atoms with Crippen LogP contribution in [0, 0.1) is 6.92 Å². The molecular weight excluding hydrogens is 288 g/mol. The third kappa shape index (κ3) is 4.17. The van der Waals surface area contributed by atoms with E-state index in [0.717, 1.165) is 11.0 Å². The zero-order valence-electron chi connectivity index (χ0n) is 12.9. The number of hydrogen-bond acceptors (Lipinski definition) is 5. The normalized spacial score (nSPS) is 16.5. The molecule has 1 heterocycles. The number of guanidine groups is 1. The second kappa shape index (κ2) is 6.89. The Morgan fingerprint density at radius 1 is 1.57 bits per heavy atom. The van der Waals surface area contributed by atoms with Gasteiger partial charge in [-0.2, -0.15) is 0 Å². The number of carbonyl (C=O) groups is 1. The van der Waals surface area contributed by atoms with E-state index in [1.807, 2.05) is 13.8 Å². The van der Waals surface area contributed by atoms with Crippen LogP contribution in [-0.2, 0) is 4.74 Å². The van der Waals surface area contributed by atoms with Crippen molar-refractivity contribution < 1.29 is 9.53 Å². The molecule has 0 aliphatic heterocycles. The number of aromatic nitrogens is 1. The Morgan fingerprint density at radius 3 is 2.86 bits per heavy atom. The van der Waals surface area contributed by atoms with Gasteiger partial charge in [-0.15, -0.1) is 11.3 Å². The van der Waals surface area contributed by atoms with Gasteiger partial charge in [-0.3, -0.25) is 4.99 Å². The van der Waals surface area contributed by atoms with Crippen molar-refractivity contribution in [1.29, 1.82) is 0 Å². The Hall–Kier alpha value is -1.63. The molecular formula is C14H22N4O2S. The van der Waals surface area contributed by atoms with E-state index in [1.54, 1.807) is 14.0 Å². The first-order valence-electron chi connectivity index (χ1n) is 7.19. The zero-order valence-corrected chi connectivity index (χ0v) is 13.7. The van der Waals surface area contributed by atoms with Crippen LogP contribution >= 0.6 is 11.3 Å². The van der Waals surface area contributed by atoms with Crippen LogP contribution < -0.4 is 10.6 Å². The number of thiazole rings is 1. The molecule has 1 aliphatic carbocycles. The summed E-state index contributed by atoms with van der Waals surface area (Å²) in [6, 6.07) is 0.526. The van der Waals surface area contributed by atoms with Crippen LogP contribution in [0.25, 0.3) is 0 Å². The van der Waals surface area contributed by atoms with Crippen molar-refractivity contribution in [3.63, 3.8) is 0 Å². The van der Waals surface area contributed by atoms with Crippen molar-refractivity contribution in [3.8, 4) is 0 Å². The number of esters is 1. The topological polar surface area (TPSA) is 75.6 Å². The van der Waals surface area contributed by atoms with Gasteiger partial charge in [-0.05, 0) is 33.6 Å². The summed E-state index contributed by atoms with van der Waals surface area (Å²) in [5.41, 5.74) is 0.715. The molecule has 6 nitrogen and oxygen atoms in total. The lowest BCUT2D eigenvalue weighted by molar-refractivity contribution is 0.0531. The van der Waals surface area contributed by atoms with Gasteiger partial charge >= 0.3 is 5.97 Å². The largest absolute Gasteiger partial charge is 0.462 e. The van der Waals surface area contributed by atoms with Crippen LogP contribution in [0.3, 0.4) is 0 Å². The van der Waals surface area contributed by atoms with Crippen LogP contribution in [0.15, 0.2) is 4.99 Å². The second-order valence-electron chi connectivity index (χ2n) is 5.04. The lowest BCUT2D eigenvalue weighted by atomic mass is 10.3. The fourth-order valence-electron chi connectivity index (χ4n) is 1.85. The molecule has 0 amide bonds. The highest BCUT2D eigenvalue weighted by Gasteiger charge is 2.24. The fourth-order valence-corrected chi connectivity index (χ4v) is 2.81. The summed E-state index contributed by atoms with van der Waals surface area (Å²) in [5.74, 6) is 0.474. The van der Waals surface area contributed by atoms with E-state index in [0.29, 0.717) is 23.2 Å². The van der Waals surface area contributed by atoms with Gasteiger partial charge in [0.2, 0.25) is 0 Å². The molecule has 1 aliphatic rings. The first-order valence-corrected chi connectivity index (χ1v) is 8.01. The molecule has 1 aromatic rings. The minimum absolute atomic E-state index is 0.0122. The molecule has 21 heavy (non-hydrogen) atoms. The maximum Gasteiger partial charge on any atom is 0.350 e. The lowest BCUT2D eigenvalue weighted by Crippen LogP contribution is -2.39.